The van der Waals surface area contributed by atoms with Gasteiger partial charge < -0.3 is 11.1 Å². The van der Waals surface area contributed by atoms with Gasteiger partial charge in [-0.05, 0) is 17.9 Å². The van der Waals surface area contributed by atoms with Crippen LogP contribution < -0.4 is 16.5 Å². The van der Waals surface area contributed by atoms with Crippen molar-refractivity contribution >= 4 is 29.1 Å². The highest BCUT2D eigenvalue weighted by Gasteiger charge is 2.06. The molecule has 1 aromatic rings. The molecule has 0 aliphatic heterocycles. The Morgan fingerprint density at radius 1 is 1.37 bits per heavy atom. The van der Waals surface area contributed by atoms with E-state index in [2.05, 4.69) is 15.6 Å². The average Bonchev–Trinajstić information content (AvgIpc) is 2.87. The Morgan fingerprint density at radius 3 is 2.79 bits per heavy atom. The minimum atomic E-state index is -0.663. The summed E-state index contributed by atoms with van der Waals surface area (Å²) < 4.78 is 0. The maximum atomic E-state index is 11.5. The summed E-state index contributed by atoms with van der Waals surface area (Å²) in [7, 11) is 0. The largest absolute Gasteiger partial charge is 0.368 e. The first-order chi connectivity index (χ1) is 9.09. The first-order valence-electron chi connectivity index (χ1n) is 5.60. The molecule has 0 bridgehead atoms. The Hall–Kier alpha value is -1.93. The smallest absolute Gasteiger partial charge is 0.261 e. The number of nitrogens with two attached hydrogens (primary N) is 1. The number of primary amides is 1. The summed E-state index contributed by atoms with van der Waals surface area (Å²) in [5, 5.41) is 4.51. The van der Waals surface area contributed by atoms with Gasteiger partial charge in [0.1, 0.15) is 0 Å². The maximum Gasteiger partial charge on any atom is 0.261 e. The van der Waals surface area contributed by atoms with Gasteiger partial charge in [-0.1, -0.05) is 6.07 Å². The third-order valence-electron chi connectivity index (χ3n) is 2.01. The van der Waals surface area contributed by atoms with Crippen LogP contribution in [-0.4, -0.2) is 30.9 Å². The predicted molar refractivity (Wildman–Crippen MR) is 69.2 cm³/mol. The number of thiophene rings is 1. The minimum absolute atomic E-state index is 0.152. The summed E-state index contributed by atoms with van der Waals surface area (Å²) >= 11 is 1.35. The van der Waals surface area contributed by atoms with Crippen molar-refractivity contribution in [3.05, 3.63) is 22.4 Å². The van der Waals surface area contributed by atoms with E-state index in [0.29, 0.717) is 17.8 Å². The van der Waals surface area contributed by atoms with Crippen LogP contribution in [0.5, 0.6) is 0 Å². The molecule has 19 heavy (non-hydrogen) atoms. The van der Waals surface area contributed by atoms with Gasteiger partial charge in [-0.2, -0.15) is 0 Å². The summed E-state index contributed by atoms with van der Waals surface area (Å²) in [4.78, 5) is 38.2. The quantitative estimate of drug-likeness (QED) is 0.453. The standard InChI is InChI=1S/C11H15N3O4S/c12-9(15)7-18-14-10(16)4-1-5-13-11(17)8-3-2-6-19-8/h2-3,6H,1,4-5,7H2,(H2,12,15)(H,13,17)(H,14,16). The van der Waals surface area contributed by atoms with Crippen LogP contribution in [0.2, 0.25) is 0 Å². The van der Waals surface area contributed by atoms with E-state index in [1.54, 1.807) is 12.1 Å². The second kappa shape index (κ2) is 8.22. The number of hydrogen-bond acceptors (Lipinski definition) is 5. The molecule has 0 spiro atoms. The van der Waals surface area contributed by atoms with Crippen molar-refractivity contribution in [3.8, 4) is 0 Å². The molecule has 1 heterocycles. The zero-order valence-electron chi connectivity index (χ0n) is 10.2. The molecule has 4 N–H and O–H groups in total. The SMILES string of the molecule is NC(=O)CONC(=O)CCCNC(=O)c1cccs1. The van der Waals surface area contributed by atoms with Crippen LogP contribution in [0.15, 0.2) is 17.5 Å². The monoisotopic (exact) mass is 285 g/mol. The normalized spacial score (nSPS) is 9.89. The molecule has 7 nitrogen and oxygen atoms in total. The number of hydroxylamine groups is 1. The lowest BCUT2D eigenvalue weighted by Crippen LogP contribution is -2.30. The van der Waals surface area contributed by atoms with Crippen LogP contribution in [0.3, 0.4) is 0 Å². The van der Waals surface area contributed by atoms with Crippen molar-refractivity contribution in [1.82, 2.24) is 10.8 Å². The van der Waals surface area contributed by atoms with Gasteiger partial charge >= 0.3 is 0 Å². The molecule has 0 saturated carbocycles. The Kier molecular flexibility index (Phi) is 6.55. The summed E-state index contributed by atoms with van der Waals surface area (Å²) in [5.41, 5.74) is 6.90. The number of amides is 3. The molecule has 104 valence electrons. The van der Waals surface area contributed by atoms with Crippen LogP contribution >= 0.6 is 11.3 Å². The van der Waals surface area contributed by atoms with Gasteiger partial charge in [-0.3, -0.25) is 19.2 Å². The van der Waals surface area contributed by atoms with Crippen molar-refractivity contribution in [3.63, 3.8) is 0 Å². The van der Waals surface area contributed by atoms with E-state index in [1.165, 1.54) is 11.3 Å². The minimum Gasteiger partial charge on any atom is -0.368 e. The third kappa shape index (κ3) is 6.53. The highest BCUT2D eigenvalue weighted by atomic mass is 32.1. The van der Waals surface area contributed by atoms with E-state index in [4.69, 9.17) is 5.73 Å². The third-order valence-corrected chi connectivity index (χ3v) is 2.88. The molecule has 1 aromatic heterocycles. The first kappa shape index (κ1) is 15.1. The Labute approximate surface area is 114 Å². The lowest BCUT2D eigenvalue weighted by Gasteiger charge is -2.05. The molecule has 0 aliphatic rings. The summed E-state index contributed by atoms with van der Waals surface area (Å²) in [6, 6.07) is 3.52. The van der Waals surface area contributed by atoms with Gasteiger partial charge in [-0.25, -0.2) is 5.48 Å². The van der Waals surface area contributed by atoms with E-state index in [1.807, 2.05) is 5.38 Å². The molecule has 0 radical (unpaired) electrons. The van der Waals surface area contributed by atoms with E-state index in [-0.39, 0.29) is 24.8 Å². The van der Waals surface area contributed by atoms with Gasteiger partial charge in [0.05, 0.1) is 4.88 Å². The lowest BCUT2D eigenvalue weighted by atomic mass is 10.3. The van der Waals surface area contributed by atoms with Crippen LogP contribution in [0.4, 0.5) is 0 Å². The van der Waals surface area contributed by atoms with Crippen molar-refractivity contribution < 1.29 is 19.2 Å². The summed E-state index contributed by atoms with van der Waals surface area (Å²) in [6.07, 6.45) is 0.659. The molecular formula is C11H15N3O4S. The number of carbonyl (C=O) groups is 3. The number of nitrogens with one attached hydrogen (secondary N) is 2. The zero-order chi connectivity index (χ0) is 14.1. The van der Waals surface area contributed by atoms with Gasteiger partial charge in [0.2, 0.25) is 11.8 Å². The van der Waals surface area contributed by atoms with E-state index in [9.17, 15) is 14.4 Å². The number of carbonyl (C=O) groups excluding carboxylic acids is 3. The van der Waals surface area contributed by atoms with E-state index >= 15 is 0 Å². The van der Waals surface area contributed by atoms with Crippen molar-refractivity contribution in [2.24, 2.45) is 5.73 Å². The van der Waals surface area contributed by atoms with E-state index in [0.717, 1.165) is 0 Å². The molecule has 0 aromatic carbocycles. The number of rotatable bonds is 8. The second-order valence-electron chi connectivity index (χ2n) is 3.62. The topological polar surface area (TPSA) is 111 Å². The fourth-order valence-electron chi connectivity index (χ4n) is 1.18. The lowest BCUT2D eigenvalue weighted by molar-refractivity contribution is -0.138. The molecule has 3 amide bonds. The van der Waals surface area contributed by atoms with Crippen molar-refractivity contribution in [2.75, 3.05) is 13.2 Å². The molecule has 0 unspecified atom stereocenters. The summed E-state index contributed by atoms with van der Waals surface area (Å²) in [6.45, 7) is 0.0286. The summed E-state index contributed by atoms with van der Waals surface area (Å²) in [5.74, 6) is -1.18. The van der Waals surface area contributed by atoms with Crippen LogP contribution in [0, 0.1) is 0 Å². The highest BCUT2D eigenvalue weighted by Crippen LogP contribution is 2.07. The van der Waals surface area contributed by atoms with E-state index < -0.39 is 5.91 Å². The molecule has 0 aliphatic carbocycles. The zero-order valence-corrected chi connectivity index (χ0v) is 11.0. The van der Waals surface area contributed by atoms with Gasteiger partial charge in [0.25, 0.3) is 5.91 Å². The van der Waals surface area contributed by atoms with Crippen molar-refractivity contribution in [1.29, 1.82) is 0 Å². The van der Waals surface area contributed by atoms with Gasteiger partial charge in [0.15, 0.2) is 6.61 Å². The van der Waals surface area contributed by atoms with Gasteiger partial charge in [-0.15, -0.1) is 11.3 Å². The molecule has 0 fully saturated rings. The second-order valence-corrected chi connectivity index (χ2v) is 4.56. The molecule has 8 heteroatoms. The predicted octanol–water partition coefficient (Wildman–Crippen LogP) is -0.209. The molecule has 0 saturated heterocycles. The fraction of sp³-hybridized carbons (Fsp3) is 0.364. The van der Waals surface area contributed by atoms with Crippen LogP contribution in [0.25, 0.3) is 0 Å². The molecular weight excluding hydrogens is 270 g/mol. The first-order valence-corrected chi connectivity index (χ1v) is 6.48. The van der Waals surface area contributed by atoms with Crippen LogP contribution in [-0.2, 0) is 14.4 Å². The highest BCUT2D eigenvalue weighted by molar-refractivity contribution is 7.12. The Morgan fingerprint density at radius 2 is 2.16 bits per heavy atom. The molecule has 0 atom stereocenters. The Balaban J connectivity index is 2.05. The average molecular weight is 285 g/mol. The van der Waals surface area contributed by atoms with Crippen LogP contribution in [0.1, 0.15) is 22.5 Å². The fourth-order valence-corrected chi connectivity index (χ4v) is 1.82. The number of hydrogen-bond donors (Lipinski definition) is 3. The van der Waals surface area contributed by atoms with Gasteiger partial charge in [0, 0.05) is 13.0 Å². The Bertz CT molecular complexity index is 433. The van der Waals surface area contributed by atoms with Crippen molar-refractivity contribution in [2.45, 2.75) is 12.8 Å². The molecule has 1 rings (SSSR count). The maximum absolute atomic E-state index is 11.5.